The summed E-state index contributed by atoms with van der Waals surface area (Å²) in [6, 6.07) is 5.87. The molecule has 0 bridgehead atoms. The lowest BCUT2D eigenvalue weighted by atomic mass is 9.81. The number of allylic oxidation sites excluding steroid dienone is 4. The number of hydrogen-bond acceptors (Lipinski definition) is 3. The van der Waals surface area contributed by atoms with Crippen LogP contribution in [-0.2, 0) is 16.1 Å². The van der Waals surface area contributed by atoms with Crippen molar-refractivity contribution in [1.29, 1.82) is 0 Å². The molecule has 4 heteroatoms. The molecule has 1 aliphatic heterocycles. The van der Waals surface area contributed by atoms with E-state index in [1.165, 1.54) is 55.9 Å². The first-order chi connectivity index (χ1) is 15.1. The van der Waals surface area contributed by atoms with Crippen LogP contribution in [0.4, 0.5) is 0 Å². The molecule has 2 aromatic rings. The summed E-state index contributed by atoms with van der Waals surface area (Å²) in [6.07, 6.45) is 17.2. The van der Waals surface area contributed by atoms with E-state index in [4.69, 9.17) is 4.74 Å². The Morgan fingerprint density at radius 2 is 1.90 bits per heavy atom. The van der Waals surface area contributed by atoms with Gasteiger partial charge in [0, 0.05) is 28.9 Å². The summed E-state index contributed by atoms with van der Waals surface area (Å²) in [5.74, 6) is 0.606. The first kappa shape index (κ1) is 21.6. The minimum absolute atomic E-state index is 0.200. The second-order valence-corrected chi connectivity index (χ2v) is 8.94. The van der Waals surface area contributed by atoms with Crippen molar-refractivity contribution in [1.82, 2.24) is 4.57 Å². The number of Topliss-reactive ketones (excluding diaryl/α,β-unsaturated/α-hetero) is 1. The first-order valence-electron chi connectivity index (χ1n) is 11.7. The van der Waals surface area contributed by atoms with Gasteiger partial charge >= 0.3 is 5.97 Å². The highest BCUT2D eigenvalue weighted by Crippen LogP contribution is 2.43. The monoisotopic (exact) mass is 419 g/mol. The number of hydrogen-bond donors (Lipinski definition) is 0. The van der Waals surface area contributed by atoms with Gasteiger partial charge in [-0.1, -0.05) is 56.6 Å². The van der Waals surface area contributed by atoms with Crippen LogP contribution in [0.3, 0.4) is 0 Å². The molecule has 1 aliphatic carbocycles. The Bertz CT molecular complexity index is 1020. The Hall–Kier alpha value is -2.62. The van der Waals surface area contributed by atoms with Gasteiger partial charge < -0.3 is 9.30 Å². The van der Waals surface area contributed by atoms with E-state index in [1.807, 2.05) is 12.1 Å². The van der Waals surface area contributed by atoms with E-state index < -0.39 is 0 Å². The third-order valence-corrected chi connectivity index (χ3v) is 6.80. The van der Waals surface area contributed by atoms with Gasteiger partial charge in [0.15, 0.2) is 5.78 Å². The number of methoxy groups -OCH3 is 1. The number of ether oxygens (including phenoxy) is 1. The summed E-state index contributed by atoms with van der Waals surface area (Å²) in [7, 11) is 1.41. The Balaban J connectivity index is 1.95. The van der Waals surface area contributed by atoms with Gasteiger partial charge in [0.05, 0.1) is 19.2 Å². The molecular formula is C27H33NO3. The van der Waals surface area contributed by atoms with Gasteiger partial charge in [-0.3, -0.25) is 4.79 Å². The number of carbonyl (C=O) groups is 2. The SMILES string of the molecule is COC(=O)c1ccc2c(C3CCCCC3)c3n(c2c1)CC(=O)CC/C=C\C/C=C\C3C. The lowest BCUT2D eigenvalue weighted by molar-refractivity contribution is -0.119. The van der Waals surface area contributed by atoms with Crippen molar-refractivity contribution in [2.45, 2.75) is 76.7 Å². The molecule has 2 aliphatic rings. The first-order valence-corrected chi connectivity index (χ1v) is 11.7. The summed E-state index contributed by atoms with van der Waals surface area (Å²) in [4.78, 5) is 25.2. The fraction of sp³-hybridized carbons (Fsp3) is 0.481. The van der Waals surface area contributed by atoms with Crippen molar-refractivity contribution in [3.05, 3.63) is 59.3 Å². The van der Waals surface area contributed by atoms with E-state index in [9.17, 15) is 9.59 Å². The van der Waals surface area contributed by atoms with Crippen molar-refractivity contribution in [2.75, 3.05) is 7.11 Å². The number of fused-ring (bicyclic) bond motifs is 3. The van der Waals surface area contributed by atoms with E-state index in [-0.39, 0.29) is 17.7 Å². The summed E-state index contributed by atoms with van der Waals surface area (Å²) in [5.41, 5.74) is 4.16. The van der Waals surface area contributed by atoms with Crippen LogP contribution in [0.1, 0.15) is 91.7 Å². The van der Waals surface area contributed by atoms with Gasteiger partial charge in [-0.15, -0.1) is 0 Å². The van der Waals surface area contributed by atoms with Gasteiger partial charge in [-0.05, 0) is 49.3 Å². The van der Waals surface area contributed by atoms with Crippen LogP contribution in [0.2, 0.25) is 0 Å². The smallest absolute Gasteiger partial charge is 0.337 e. The molecule has 0 spiro atoms. The van der Waals surface area contributed by atoms with Crippen molar-refractivity contribution < 1.29 is 14.3 Å². The predicted octanol–water partition coefficient (Wildman–Crippen LogP) is 6.44. The highest BCUT2D eigenvalue weighted by Gasteiger charge is 2.28. The molecular weight excluding hydrogens is 386 g/mol. The molecule has 1 unspecified atom stereocenters. The van der Waals surface area contributed by atoms with Crippen LogP contribution in [-0.4, -0.2) is 23.4 Å². The molecule has 0 radical (unpaired) electrons. The minimum Gasteiger partial charge on any atom is -0.465 e. The molecule has 4 nitrogen and oxygen atoms in total. The second-order valence-electron chi connectivity index (χ2n) is 8.94. The Morgan fingerprint density at radius 1 is 1.10 bits per heavy atom. The van der Waals surface area contributed by atoms with Gasteiger partial charge in [-0.2, -0.15) is 0 Å². The van der Waals surface area contributed by atoms with E-state index in [2.05, 4.69) is 41.9 Å². The van der Waals surface area contributed by atoms with Gasteiger partial charge in [0.1, 0.15) is 0 Å². The summed E-state index contributed by atoms with van der Waals surface area (Å²) < 4.78 is 7.18. The van der Waals surface area contributed by atoms with E-state index in [1.54, 1.807) is 0 Å². The number of esters is 1. The minimum atomic E-state index is -0.339. The summed E-state index contributed by atoms with van der Waals surface area (Å²) in [5, 5.41) is 1.19. The number of rotatable bonds is 2. The normalized spacial score (nSPS) is 22.9. The molecule has 2 heterocycles. The zero-order valence-electron chi connectivity index (χ0n) is 18.7. The highest BCUT2D eigenvalue weighted by molar-refractivity contribution is 5.97. The van der Waals surface area contributed by atoms with Crippen molar-refractivity contribution in [3.8, 4) is 0 Å². The standard InChI is InChI=1S/C27H33NO3/c1-19-11-7-4-3-5-10-14-22(29)18-28-24-17-21(27(30)31-2)15-16-23(24)25(26(19)28)20-12-8-6-9-13-20/h3,5,7,11,15-17,19-20H,4,6,8-10,12-14,18H2,1-2H3/b5-3-,11-7-. The van der Waals surface area contributed by atoms with Crippen LogP contribution in [0, 0.1) is 0 Å². The molecule has 1 aromatic heterocycles. The second kappa shape index (κ2) is 9.67. The van der Waals surface area contributed by atoms with Crippen molar-refractivity contribution in [3.63, 3.8) is 0 Å². The molecule has 1 saturated carbocycles. The Kier molecular flexibility index (Phi) is 6.74. The maximum Gasteiger partial charge on any atom is 0.337 e. The Morgan fingerprint density at radius 3 is 2.68 bits per heavy atom. The molecule has 0 N–H and O–H groups in total. The van der Waals surface area contributed by atoms with Gasteiger partial charge in [0.25, 0.3) is 0 Å². The maximum absolute atomic E-state index is 12.9. The zero-order valence-corrected chi connectivity index (χ0v) is 18.7. The zero-order chi connectivity index (χ0) is 21.8. The summed E-state index contributed by atoms with van der Waals surface area (Å²) >= 11 is 0. The highest BCUT2D eigenvalue weighted by atomic mass is 16.5. The lowest BCUT2D eigenvalue weighted by Gasteiger charge is -2.25. The molecule has 1 atom stereocenters. The average molecular weight is 420 g/mol. The molecule has 0 saturated heterocycles. The number of nitrogens with zero attached hydrogens (tertiary/aromatic N) is 1. The third kappa shape index (κ3) is 4.53. The maximum atomic E-state index is 12.9. The number of aromatic nitrogens is 1. The van der Waals surface area contributed by atoms with Crippen LogP contribution in [0.5, 0.6) is 0 Å². The topological polar surface area (TPSA) is 48.3 Å². The van der Waals surface area contributed by atoms with E-state index in [0.29, 0.717) is 24.4 Å². The van der Waals surface area contributed by atoms with Crippen molar-refractivity contribution >= 4 is 22.7 Å². The van der Waals surface area contributed by atoms with Crippen LogP contribution < -0.4 is 0 Å². The van der Waals surface area contributed by atoms with Gasteiger partial charge in [-0.25, -0.2) is 4.79 Å². The number of carbonyl (C=O) groups excluding carboxylic acids is 2. The molecule has 1 aromatic carbocycles. The average Bonchev–Trinajstić information content (AvgIpc) is 3.10. The molecule has 164 valence electrons. The number of ketones is 1. The van der Waals surface area contributed by atoms with Crippen LogP contribution in [0.15, 0.2) is 42.5 Å². The Labute approximate surface area is 185 Å². The van der Waals surface area contributed by atoms with Gasteiger partial charge in [0.2, 0.25) is 0 Å². The van der Waals surface area contributed by atoms with E-state index in [0.717, 1.165) is 18.4 Å². The fourth-order valence-corrected chi connectivity index (χ4v) is 5.29. The van der Waals surface area contributed by atoms with Crippen LogP contribution >= 0.6 is 0 Å². The van der Waals surface area contributed by atoms with E-state index >= 15 is 0 Å². The largest absolute Gasteiger partial charge is 0.465 e. The third-order valence-electron chi connectivity index (χ3n) is 6.80. The van der Waals surface area contributed by atoms with Crippen molar-refractivity contribution in [2.24, 2.45) is 0 Å². The quantitative estimate of drug-likeness (QED) is 0.415. The fourth-order valence-electron chi connectivity index (χ4n) is 5.29. The lowest BCUT2D eigenvalue weighted by Crippen LogP contribution is -2.16. The summed E-state index contributed by atoms with van der Waals surface area (Å²) in [6.45, 7) is 2.59. The molecule has 0 amide bonds. The number of benzene rings is 1. The molecule has 1 fully saturated rings. The molecule has 4 rings (SSSR count). The predicted molar refractivity (Wildman–Crippen MR) is 125 cm³/mol. The molecule has 31 heavy (non-hydrogen) atoms. The van der Waals surface area contributed by atoms with Crippen LogP contribution in [0.25, 0.3) is 10.9 Å².